The quantitative estimate of drug-likeness (QED) is 0.623. The van der Waals surface area contributed by atoms with Crippen LogP contribution in [0.5, 0.6) is 5.88 Å². The van der Waals surface area contributed by atoms with Crippen LogP contribution in [0, 0.1) is 0 Å². The second kappa shape index (κ2) is 4.36. The van der Waals surface area contributed by atoms with E-state index >= 15 is 0 Å². The van der Waals surface area contributed by atoms with E-state index in [1.807, 2.05) is 0 Å². The predicted octanol–water partition coefficient (Wildman–Crippen LogP) is 2.34. The summed E-state index contributed by atoms with van der Waals surface area (Å²) in [6.07, 6.45) is 1.13. The molecule has 0 aromatic carbocycles. The second-order valence-electron chi connectivity index (χ2n) is 3.15. The number of pyridine rings is 1. The van der Waals surface area contributed by atoms with Gasteiger partial charge in [0.15, 0.2) is 0 Å². The van der Waals surface area contributed by atoms with E-state index in [0.29, 0.717) is 11.1 Å². The molecular formula is C9H8F3NO3S. The smallest absolute Gasteiger partial charge is 0.355 e. The lowest BCUT2D eigenvalue weighted by molar-refractivity contribution is -0.0501. The zero-order valence-corrected chi connectivity index (χ0v) is 9.47. The molecule has 17 heavy (non-hydrogen) atoms. The molecule has 0 spiro atoms. The SMILES string of the molecule is C=C(C)c1ccnc(OS(=O)(=O)C(F)(F)F)c1. The molecule has 0 aliphatic heterocycles. The van der Waals surface area contributed by atoms with Gasteiger partial charge in [-0.3, -0.25) is 0 Å². The van der Waals surface area contributed by atoms with Crippen molar-refractivity contribution < 1.29 is 25.8 Å². The third-order valence-electron chi connectivity index (χ3n) is 1.71. The van der Waals surface area contributed by atoms with Crippen molar-refractivity contribution in [3.8, 4) is 5.88 Å². The Balaban J connectivity index is 3.05. The maximum Gasteiger partial charge on any atom is 0.534 e. The van der Waals surface area contributed by atoms with Crippen LogP contribution in [0.2, 0.25) is 0 Å². The minimum Gasteiger partial charge on any atom is -0.355 e. The van der Waals surface area contributed by atoms with Gasteiger partial charge in [-0.15, -0.1) is 0 Å². The molecule has 0 amide bonds. The number of alkyl halides is 3. The molecule has 0 radical (unpaired) electrons. The van der Waals surface area contributed by atoms with Gasteiger partial charge >= 0.3 is 15.6 Å². The minimum absolute atomic E-state index is 0.437. The van der Waals surface area contributed by atoms with E-state index in [4.69, 9.17) is 0 Å². The Kier molecular flexibility index (Phi) is 3.46. The third kappa shape index (κ3) is 3.19. The molecule has 1 heterocycles. The number of hydrogen-bond acceptors (Lipinski definition) is 4. The van der Waals surface area contributed by atoms with Crippen molar-refractivity contribution in [3.05, 3.63) is 30.5 Å². The first-order chi connectivity index (χ1) is 7.63. The molecule has 8 heteroatoms. The Morgan fingerprint density at radius 2 is 2.06 bits per heavy atom. The number of hydrogen-bond donors (Lipinski definition) is 0. The van der Waals surface area contributed by atoms with Gasteiger partial charge < -0.3 is 4.18 Å². The summed E-state index contributed by atoms with van der Waals surface area (Å²) in [6.45, 7) is 5.17. The maximum atomic E-state index is 12.0. The summed E-state index contributed by atoms with van der Waals surface area (Å²) in [5, 5.41) is 0. The van der Waals surface area contributed by atoms with Crippen molar-refractivity contribution in [3.63, 3.8) is 0 Å². The summed E-state index contributed by atoms with van der Waals surface area (Å²) in [6, 6.07) is 2.53. The van der Waals surface area contributed by atoms with Gasteiger partial charge in [0.2, 0.25) is 5.88 Å². The molecule has 0 saturated heterocycles. The van der Waals surface area contributed by atoms with Gasteiger partial charge in [-0.25, -0.2) is 4.98 Å². The molecule has 0 saturated carbocycles. The fraction of sp³-hybridized carbons (Fsp3) is 0.222. The normalized spacial score (nSPS) is 12.2. The van der Waals surface area contributed by atoms with Crippen LogP contribution in [0.1, 0.15) is 12.5 Å². The van der Waals surface area contributed by atoms with Crippen LogP contribution < -0.4 is 4.18 Å². The second-order valence-corrected chi connectivity index (χ2v) is 4.68. The summed E-state index contributed by atoms with van der Waals surface area (Å²) < 4.78 is 61.3. The summed E-state index contributed by atoms with van der Waals surface area (Å²) in [7, 11) is -5.69. The number of halogens is 3. The highest BCUT2D eigenvalue weighted by molar-refractivity contribution is 7.87. The predicted molar refractivity (Wildman–Crippen MR) is 54.5 cm³/mol. The van der Waals surface area contributed by atoms with Crippen LogP contribution in [0.3, 0.4) is 0 Å². The molecule has 1 aromatic heterocycles. The van der Waals surface area contributed by atoms with Crippen LogP contribution in [0.4, 0.5) is 13.2 Å². The van der Waals surface area contributed by atoms with Gasteiger partial charge in [-0.2, -0.15) is 21.6 Å². The Bertz CT molecular complexity index is 537. The first-order valence-electron chi connectivity index (χ1n) is 4.26. The van der Waals surface area contributed by atoms with Crippen molar-refractivity contribution in [2.24, 2.45) is 0 Å². The Hall–Kier alpha value is -1.57. The van der Waals surface area contributed by atoms with E-state index in [2.05, 4.69) is 15.7 Å². The van der Waals surface area contributed by atoms with Crippen molar-refractivity contribution in [2.75, 3.05) is 0 Å². The fourth-order valence-corrected chi connectivity index (χ4v) is 1.29. The fourth-order valence-electron chi connectivity index (χ4n) is 0.880. The molecule has 0 fully saturated rings. The Morgan fingerprint density at radius 1 is 1.47 bits per heavy atom. The number of aromatic nitrogens is 1. The topological polar surface area (TPSA) is 56.3 Å². The molecule has 0 bridgehead atoms. The van der Waals surface area contributed by atoms with E-state index in [9.17, 15) is 21.6 Å². The van der Waals surface area contributed by atoms with Crippen molar-refractivity contribution in [2.45, 2.75) is 12.4 Å². The molecular weight excluding hydrogens is 259 g/mol. The largest absolute Gasteiger partial charge is 0.534 e. The Morgan fingerprint density at radius 3 is 2.53 bits per heavy atom. The average Bonchev–Trinajstić information content (AvgIpc) is 2.15. The van der Waals surface area contributed by atoms with Crippen molar-refractivity contribution in [1.29, 1.82) is 0 Å². The lowest BCUT2D eigenvalue weighted by Crippen LogP contribution is -2.28. The molecule has 4 nitrogen and oxygen atoms in total. The molecule has 1 aromatic rings. The number of nitrogens with zero attached hydrogens (tertiary/aromatic N) is 1. The summed E-state index contributed by atoms with van der Waals surface area (Å²) >= 11 is 0. The molecule has 0 aliphatic rings. The van der Waals surface area contributed by atoms with Crippen LogP contribution in [0.25, 0.3) is 5.57 Å². The van der Waals surface area contributed by atoms with Gasteiger partial charge in [0.05, 0.1) is 0 Å². The lowest BCUT2D eigenvalue weighted by atomic mass is 10.1. The molecule has 94 valence electrons. The van der Waals surface area contributed by atoms with Gasteiger partial charge in [-0.1, -0.05) is 12.2 Å². The summed E-state index contributed by atoms with van der Waals surface area (Å²) in [5.74, 6) is -0.650. The van der Waals surface area contributed by atoms with Gasteiger partial charge in [0.1, 0.15) is 0 Å². The van der Waals surface area contributed by atoms with E-state index in [1.54, 1.807) is 6.92 Å². The summed E-state index contributed by atoms with van der Waals surface area (Å²) in [5.41, 5.74) is -4.50. The molecule has 0 atom stereocenters. The van der Waals surface area contributed by atoms with Crippen LogP contribution >= 0.6 is 0 Å². The molecule has 0 N–H and O–H groups in total. The number of rotatable bonds is 3. The standard InChI is InChI=1S/C9H8F3NO3S/c1-6(2)7-3-4-13-8(5-7)16-17(14,15)9(10,11)12/h3-5H,1H2,2H3. The minimum atomic E-state index is -5.69. The first kappa shape index (κ1) is 13.5. The first-order valence-corrected chi connectivity index (χ1v) is 5.67. The zero-order chi connectivity index (χ0) is 13.3. The molecule has 0 unspecified atom stereocenters. The average molecular weight is 267 g/mol. The van der Waals surface area contributed by atoms with Crippen molar-refractivity contribution >= 4 is 15.7 Å². The van der Waals surface area contributed by atoms with Crippen LogP contribution in [-0.2, 0) is 10.1 Å². The highest BCUT2D eigenvalue weighted by Crippen LogP contribution is 2.26. The number of allylic oxidation sites excluding steroid dienone is 1. The monoisotopic (exact) mass is 267 g/mol. The highest BCUT2D eigenvalue weighted by Gasteiger charge is 2.48. The van der Waals surface area contributed by atoms with Crippen molar-refractivity contribution in [1.82, 2.24) is 4.98 Å². The zero-order valence-electron chi connectivity index (χ0n) is 8.65. The maximum absolute atomic E-state index is 12.0. The van der Waals surface area contributed by atoms with E-state index in [-0.39, 0.29) is 0 Å². The molecule has 0 aliphatic carbocycles. The van der Waals surface area contributed by atoms with Gasteiger partial charge in [0, 0.05) is 12.3 Å². The molecule has 1 rings (SSSR count). The third-order valence-corrected chi connectivity index (χ3v) is 2.66. The van der Waals surface area contributed by atoms with E-state index in [1.165, 1.54) is 6.07 Å². The van der Waals surface area contributed by atoms with Gasteiger partial charge in [0.25, 0.3) is 0 Å². The van der Waals surface area contributed by atoms with E-state index in [0.717, 1.165) is 12.3 Å². The Labute approximate surface area is 95.9 Å². The lowest BCUT2D eigenvalue weighted by Gasteiger charge is -2.09. The highest BCUT2D eigenvalue weighted by atomic mass is 32.2. The van der Waals surface area contributed by atoms with Crippen LogP contribution in [0.15, 0.2) is 24.9 Å². The van der Waals surface area contributed by atoms with Crippen LogP contribution in [-0.4, -0.2) is 18.9 Å². The van der Waals surface area contributed by atoms with Gasteiger partial charge in [-0.05, 0) is 18.6 Å². The van der Waals surface area contributed by atoms with E-state index < -0.39 is 21.5 Å². The summed E-state index contributed by atoms with van der Waals surface area (Å²) in [4.78, 5) is 3.38.